The summed E-state index contributed by atoms with van der Waals surface area (Å²) in [7, 11) is 0. The van der Waals surface area contributed by atoms with Crippen LogP contribution < -0.4 is 0 Å². The minimum atomic E-state index is 0.577. The highest BCUT2D eigenvalue weighted by molar-refractivity contribution is 6.16. The number of rotatable bonds is 4. The molecule has 0 fully saturated rings. The lowest BCUT2D eigenvalue weighted by molar-refractivity contribution is 1.12. The van der Waals surface area contributed by atoms with E-state index in [1.807, 2.05) is 24.3 Å². The Labute approximate surface area is 316 Å². The fourth-order valence-electron chi connectivity index (χ4n) is 8.85. The van der Waals surface area contributed by atoms with Gasteiger partial charge in [-0.2, -0.15) is 5.26 Å². The van der Waals surface area contributed by atoms with Crippen molar-refractivity contribution >= 4 is 71.1 Å². The number of hydrogen-bond acceptors (Lipinski definition) is 1. The fourth-order valence-corrected chi connectivity index (χ4v) is 8.85. The maximum atomic E-state index is 10.8. The molecule has 5 nitrogen and oxygen atoms in total. The molecule has 0 saturated heterocycles. The van der Waals surface area contributed by atoms with Crippen molar-refractivity contribution in [3.63, 3.8) is 0 Å². The molecular formula is C50H29N5. The molecule has 0 N–H and O–H groups in total. The van der Waals surface area contributed by atoms with E-state index >= 15 is 0 Å². The normalized spacial score (nSPS) is 11.6. The van der Waals surface area contributed by atoms with E-state index in [2.05, 4.69) is 176 Å². The van der Waals surface area contributed by atoms with Gasteiger partial charge < -0.3 is 13.7 Å². The average Bonchev–Trinajstić information content (AvgIpc) is 3.89. The molecule has 0 aliphatic carbocycles. The van der Waals surface area contributed by atoms with E-state index in [0.29, 0.717) is 11.3 Å². The maximum absolute atomic E-state index is 10.8. The summed E-state index contributed by atoms with van der Waals surface area (Å²) in [5.41, 5.74) is 12.2. The number of benzene rings is 8. The zero-order valence-electron chi connectivity index (χ0n) is 29.5. The van der Waals surface area contributed by atoms with Crippen molar-refractivity contribution in [1.29, 1.82) is 5.26 Å². The maximum Gasteiger partial charge on any atom is 0.211 e. The molecule has 11 rings (SSSR count). The fraction of sp³-hybridized carbons (Fsp3) is 0. The van der Waals surface area contributed by atoms with E-state index in [0.717, 1.165) is 82.8 Å². The van der Waals surface area contributed by atoms with Crippen LogP contribution in [0.1, 0.15) is 5.56 Å². The van der Waals surface area contributed by atoms with Crippen LogP contribution in [-0.2, 0) is 0 Å². The van der Waals surface area contributed by atoms with Gasteiger partial charge in [0.15, 0.2) is 0 Å². The standard InChI is InChI=1S/C50H29N5/c1-52-41-21-12-19-39-37-17-5-10-25-45(37)54(49(39)41)42-22-7-2-14-34(42)32-28-29-33(31-51)48(30-32)55-46-26-11-6-18-38(46)40-20-13-27-47(50(40)55)53-43-23-8-3-15-35(43)36-16-4-9-24-44(36)53/h2-30H. The number of hydrogen-bond donors (Lipinski definition) is 0. The molecule has 0 spiro atoms. The predicted molar refractivity (Wildman–Crippen MR) is 226 cm³/mol. The second-order valence-electron chi connectivity index (χ2n) is 13.9. The summed E-state index contributed by atoms with van der Waals surface area (Å²) >= 11 is 0. The molecule has 5 heteroatoms. The van der Waals surface area contributed by atoms with Crippen LogP contribution in [0.2, 0.25) is 0 Å². The number of para-hydroxylation sites is 7. The van der Waals surface area contributed by atoms with Crippen LogP contribution in [0.4, 0.5) is 5.69 Å². The van der Waals surface area contributed by atoms with Gasteiger partial charge in [-0.3, -0.25) is 0 Å². The van der Waals surface area contributed by atoms with Gasteiger partial charge in [-0.1, -0.05) is 127 Å². The summed E-state index contributed by atoms with van der Waals surface area (Å²) in [6, 6.07) is 63.5. The molecule has 0 unspecified atom stereocenters. The Balaban J connectivity index is 1.23. The highest BCUT2D eigenvalue weighted by Gasteiger charge is 2.23. The van der Waals surface area contributed by atoms with E-state index in [9.17, 15) is 5.26 Å². The van der Waals surface area contributed by atoms with Crippen LogP contribution in [0.15, 0.2) is 176 Å². The molecule has 0 aliphatic rings. The molecule has 0 bridgehead atoms. The Hall–Kier alpha value is -7.86. The van der Waals surface area contributed by atoms with Gasteiger partial charge in [0.05, 0.1) is 62.3 Å². The van der Waals surface area contributed by atoms with Crippen LogP contribution >= 0.6 is 0 Å². The van der Waals surface area contributed by atoms with Crippen molar-refractivity contribution < 1.29 is 0 Å². The first kappa shape index (κ1) is 30.7. The van der Waals surface area contributed by atoms with Gasteiger partial charge in [-0.05, 0) is 59.5 Å². The molecule has 0 atom stereocenters. The van der Waals surface area contributed by atoms with Gasteiger partial charge >= 0.3 is 0 Å². The van der Waals surface area contributed by atoms with Crippen molar-refractivity contribution in [3.05, 3.63) is 193 Å². The Bertz CT molecular complexity index is 3420. The van der Waals surface area contributed by atoms with Crippen molar-refractivity contribution in [2.24, 2.45) is 0 Å². The van der Waals surface area contributed by atoms with Crippen LogP contribution in [0.3, 0.4) is 0 Å². The van der Waals surface area contributed by atoms with E-state index in [1.54, 1.807) is 0 Å². The number of fused-ring (bicyclic) bond motifs is 9. The highest BCUT2D eigenvalue weighted by Crippen LogP contribution is 2.43. The Morgan fingerprint density at radius 1 is 0.418 bits per heavy atom. The molecule has 0 saturated carbocycles. The van der Waals surface area contributed by atoms with E-state index in [4.69, 9.17) is 6.57 Å². The third kappa shape index (κ3) is 4.33. The van der Waals surface area contributed by atoms with E-state index < -0.39 is 0 Å². The highest BCUT2D eigenvalue weighted by atomic mass is 15.1. The van der Waals surface area contributed by atoms with Crippen molar-refractivity contribution in [2.75, 3.05) is 0 Å². The van der Waals surface area contributed by atoms with Gasteiger partial charge in [0, 0.05) is 32.5 Å². The Morgan fingerprint density at radius 2 is 0.891 bits per heavy atom. The zero-order valence-corrected chi connectivity index (χ0v) is 29.5. The third-order valence-corrected chi connectivity index (χ3v) is 11.1. The largest absolute Gasteiger partial charge is 0.318 e. The summed E-state index contributed by atoms with van der Waals surface area (Å²) in [5, 5.41) is 17.5. The van der Waals surface area contributed by atoms with Crippen LogP contribution in [-0.4, -0.2) is 13.7 Å². The monoisotopic (exact) mass is 699 g/mol. The van der Waals surface area contributed by atoms with E-state index in [-0.39, 0.29) is 0 Å². The summed E-state index contributed by atoms with van der Waals surface area (Å²) < 4.78 is 6.88. The first-order valence-corrected chi connectivity index (χ1v) is 18.3. The minimum absolute atomic E-state index is 0.577. The van der Waals surface area contributed by atoms with Crippen LogP contribution in [0.25, 0.3) is 98.5 Å². The average molecular weight is 700 g/mol. The molecular weight excluding hydrogens is 671 g/mol. The van der Waals surface area contributed by atoms with Crippen LogP contribution in [0.5, 0.6) is 0 Å². The molecule has 254 valence electrons. The summed E-state index contributed by atoms with van der Waals surface area (Å²) in [4.78, 5) is 3.97. The quantitative estimate of drug-likeness (QED) is 0.169. The second-order valence-corrected chi connectivity index (χ2v) is 13.9. The second kappa shape index (κ2) is 11.8. The lowest BCUT2D eigenvalue weighted by atomic mass is 10.00. The number of nitrogens with zero attached hydrogens (tertiary/aromatic N) is 5. The van der Waals surface area contributed by atoms with Gasteiger partial charge in [-0.15, -0.1) is 0 Å². The predicted octanol–water partition coefficient (Wildman–Crippen LogP) is 13.1. The first-order chi connectivity index (χ1) is 27.2. The third-order valence-electron chi connectivity index (χ3n) is 11.1. The molecule has 3 aromatic heterocycles. The molecule has 8 aromatic carbocycles. The SMILES string of the molecule is [C-]#[N+]c1cccc2c3ccccc3n(-c3ccccc3-c3ccc(C#N)c(-n4c5ccccc5c5cccc(-n6c7ccccc7c7ccccc76)c54)c3)c12. The minimum Gasteiger partial charge on any atom is -0.318 e. The van der Waals surface area contributed by atoms with Crippen LogP contribution in [0, 0.1) is 17.9 Å². The van der Waals surface area contributed by atoms with Crippen molar-refractivity contribution in [3.8, 4) is 34.3 Å². The zero-order chi connectivity index (χ0) is 36.6. The number of nitriles is 1. The van der Waals surface area contributed by atoms with Crippen molar-refractivity contribution in [2.45, 2.75) is 0 Å². The summed E-state index contributed by atoms with van der Waals surface area (Å²) in [6.45, 7) is 8.10. The number of aromatic nitrogens is 3. The molecule has 3 heterocycles. The molecule has 11 aromatic rings. The van der Waals surface area contributed by atoms with Gasteiger partial charge in [0.25, 0.3) is 0 Å². The van der Waals surface area contributed by atoms with E-state index in [1.165, 1.54) is 10.8 Å². The topological polar surface area (TPSA) is 42.9 Å². The lowest BCUT2D eigenvalue weighted by Crippen LogP contribution is -2.03. The Kier molecular flexibility index (Phi) is 6.61. The lowest BCUT2D eigenvalue weighted by Gasteiger charge is -2.18. The molecule has 55 heavy (non-hydrogen) atoms. The smallest absolute Gasteiger partial charge is 0.211 e. The van der Waals surface area contributed by atoms with Gasteiger partial charge in [-0.25, -0.2) is 4.85 Å². The molecule has 0 radical (unpaired) electrons. The molecule has 0 amide bonds. The van der Waals surface area contributed by atoms with Crippen molar-refractivity contribution in [1.82, 2.24) is 13.7 Å². The Morgan fingerprint density at radius 3 is 1.51 bits per heavy atom. The summed E-state index contributed by atoms with van der Waals surface area (Å²) in [6.07, 6.45) is 0. The van der Waals surface area contributed by atoms with Gasteiger partial charge in [0.1, 0.15) is 6.07 Å². The summed E-state index contributed by atoms with van der Waals surface area (Å²) in [5.74, 6) is 0. The first-order valence-electron chi connectivity index (χ1n) is 18.3. The van der Waals surface area contributed by atoms with Gasteiger partial charge in [0.2, 0.25) is 5.69 Å². The molecule has 0 aliphatic heterocycles.